The summed E-state index contributed by atoms with van der Waals surface area (Å²) >= 11 is 1.41. The largest absolute Gasteiger partial charge is 0.373 e. The van der Waals surface area contributed by atoms with Gasteiger partial charge in [-0.25, -0.2) is 4.98 Å². The number of thiazole rings is 1. The van der Waals surface area contributed by atoms with Crippen LogP contribution in [0.1, 0.15) is 15.5 Å². The Morgan fingerprint density at radius 1 is 1.40 bits per heavy atom. The molecule has 3 N–H and O–H groups in total. The van der Waals surface area contributed by atoms with E-state index in [1.54, 1.807) is 5.38 Å². The number of amides is 1. The van der Waals surface area contributed by atoms with Gasteiger partial charge >= 0.3 is 0 Å². The summed E-state index contributed by atoms with van der Waals surface area (Å²) in [6, 6.07) is 10.0. The Morgan fingerprint density at radius 3 is 2.80 bits per heavy atom. The molecule has 6 heteroatoms. The first kappa shape index (κ1) is 14.5. The number of hydrogen-bond acceptors (Lipinski definition) is 5. The number of benzene rings is 1. The lowest BCUT2D eigenvalue weighted by Gasteiger charge is -2.19. The maximum Gasteiger partial charge on any atom is 0.270 e. The summed E-state index contributed by atoms with van der Waals surface area (Å²) < 4.78 is 0. The zero-order valence-electron chi connectivity index (χ0n) is 11.4. The molecule has 0 radical (unpaired) electrons. The number of aromatic nitrogens is 1. The van der Waals surface area contributed by atoms with Crippen LogP contribution in [-0.2, 0) is 6.54 Å². The van der Waals surface area contributed by atoms with Crippen molar-refractivity contribution in [2.24, 2.45) is 5.73 Å². The molecule has 2 rings (SSSR count). The highest BCUT2D eigenvalue weighted by Gasteiger charge is 2.09. The predicted molar refractivity (Wildman–Crippen MR) is 82.1 cm³/mol. The number of carbonyl (C=O) groups excluding carboxylic acids is 1. The van der Waals surface area contributed by atoms with Crippen LogP contribution in [0.5, 0.6) is 0 Å². The molecule has 0 bridgehead atoms. The van der Waals surface area contributed by atoms with Crippen molar-refractivity contribution in [3.63, 3.8) is 0 Å². The molecule has 0 saturated heterocycles. The van der Waals surface area contributed by atoms with Crippen molar-refractivity contribution in [1.29, 1.82) is 0 Å². The highest BCUT2D eigenvalue weighted by Crippen LogP contribution is 2.10. The van der Waals surface area contributed by atoms with Crippen molar-refractivity contribution in [3.05, 3.63) is 46.4 Å². The van der Waals surface area contributed by atoms with E-state index in [1.165, 1.54) is 11.3 Å². The maximum absolute atomic E-state index is 11.9. The number of para-hydroxylation sites is 1. The van der Waals surface area contributed by atoms with Gasteiger partial charge in [-0.1, -0.05) is 18.2 Å². The third-order valence-corrected chi connectivity index (χ3v) is 3.76. The molecule has 0 fully saturated rings. The average molecular weight is 290 g/mol. The topological polar surface area (TPSA) is 71.2 Å². The molecule has 1 aromatic heterocycles. The van der Waals surface area contributed by atoms with E-state index in [4.69, 9.17) is 5.73 Å². The lowest BCUT2D eigenvalue weighted by molar-refractivity contribution is 0.0950. The lowest BCUT2D eigenvalue weighted by Crippen LogP contribution is -2.33. The third kappa shape index (κ3) is 3.79. The normalized spacial score (nSPS) is 10.3. The molecular weight excluding hydrogens is 272 g/mol. The maximum atomic E-state index is 11.9. The first-order valence-electron chi connectivity index (χ1n) is 6.39. The highest BCUT2D eigenvalue weighted by atomic mass is 32.1. The van der Waals surface area contributed by atoms with Crippen LogP contribution in [0.4, 0.5) is 5.69 Å². The van der Waals surface area contributed by atoms with Crippen molar-refractivity contribution in [2.45, 2.75) is 6.54 Å². The molecule has 5 nitrogen and oxygen atoms in total. The number of carbonyl (C=O) groups is 1. The van der Waals surface area contributed by atoms with Crippen molar-refractivity contribution in [3.8, 4) is 0 Å². The molecule has 0 aliphatic carbocycles. The van der Waals surface area contributed by atoms with Gasteiger partial charge in [0.15, 0.2) is 0 Å². The molecule has 0 spiro atoms. The first-order valence-corrected chi connectivity index (χ1v) is 7.27. The van der Waals surface area contributed by atoms with Crippen molar-refractivity contribution in [2.75, 3.05) is 25.0 Å². The van der Waals surface area contributed by atoms with Gasteiger partial charge < -0.3 is 16.0 Å². The molecule has 1 amide bonds. The Kier molecular flexibility index (Phi) is 5.09. The monoisotopic (exact) mass is 290 g/mol. The molecule has 0 saturated carbocycles. The number of nitrogens with one attached hydrogen (secondary N) is 1. The van der Waals surface area contributed by atoms with E-state index >= 15 is 0 Å². The van der Waals surface area contributed by atoms with Crippen LogP contribution in [-0.4, -0.2) is 31.0 Å². The molecule has 2 aromatic rings. The van der Waals surface area contributed by atoms with Gasteiger partial charge in [0.25, 0.3) is 5.91 Å². The SMILES string of the molecule is CN(CCNC(=O)c1csc(CN)n1)c1ccccc1. The van der Waals surface area contributed by atoms with Crippen molar-refractivity contribution in [1.82, 2.24) is 10.3 Å². The Balaban J connectivity index is 1.79. The summed E-state index contributed by atoms with van der Waals surface area (Å²) in [4.78, 5) is 18.1. The van der Waals surface area contributed by atoms with Crippen LogP contribution in [0.2, 0.25) is 0 Å². The van der Waals surface area contributed by atoms with Crippen molar-refractivity contribution >= 4 is 22.9 Å². The van der Waals surface area contributed by atoms with Crippen LogP contribution in [0.25, 0.3) is 0 Å². The molecular formula is C14H18N4OS. The second-order valence-electron chi connectivity index (χ2n) is 4.34. The van der Waals surface area contributed by atoms with Gasteiger partial charge in [0.05, 0.1) is 0 Å². The van der Waals surface area contributed by atoms with E-state index in [0.29, 0.717) is 18.8 Å². The van der Waals surface area contributed by atoms with Crippen LogP contribution in [0.3, 0.4) is 0 Å². The van der Waals surface area contributed by atoms with Gasteiger partial charge in [0, 0.05) is 37.7 Å². The number of nitrogens with two attached hydrogens (primary N) is 1. The number of hydrogen-bond donors (Lipinski definition) is 2. The van der Waals surface area contributed by atoms with E-state index in [-0.39, 0.29) is 5.91 Å². The van der Waals surface area contributed by atoms with Crippen LogP contribution in [0.15, 0.2) is 35.7 Å². The summed E-state index contributed by atoms with van der Waals surface area (Å²) in [5.74, 6) is -0.151. The first-order chi connectivity index (χ1) is 9.70. The fraction of sp³-hybridized carbons (Fsp3) is 0.286. The second-order valence-corrected chi connectivity index (χ2v) is 5.29. The molecule has 1 aromatic carbocycles. The van der Waals surface area contributed by atoms with Gasteiger partial charge in [-0.15, -0.1) is 11.3 Å². The summed E-state index contributed by atoms with van der Waals surface area (Å²) in [6.45, 7) is 1.68. The minimum atomic E-state index is -0.151. The van der Waals surface area contributed by atoms with Gasteiger partial charge in [-0.05, 0) is 12.1 Å². The minimum Gasteiger partial charge on any atom is -0.373 e. The van der Waals surface area contributed by atoms with E-state index in [1.807, 2.05) is 37.4 Å². The molecule has 0 aliphatic rings. The number of likely N-dealkylation sites (N-methyl/N-ethyl adjacent to an activating group) is 1. The Hall–Kier alpha value is -1.92. The average Bonchev–Trinajstić information content (AvgIpc) is 2.97. The molecule has 1 heterocycles. The molecule has 0 unspecified atom stereocenters. The van der Waals surface area contributed by atoms with Gasteiger partial charge in [0.2, 0.25) is 0 Å². The van der Waals surface area contributed by atoms with E-state index < -0.39 is 0 Å². The van der Waals surface area contributed by atoms with Gasteiger partial charge in [-0.3, -0.25) is 4.79 Å². The Labute approximate surface area is 122 Å². The van der Waals surface area contributed by atoms with Crippen LogP contribution < -0.4 is 16.0 Å². The zero-order valence-corrected chi connectivity index (χ0v) is 12.2. The number of nitrogens with zero attached hydrogens (tertiary/aromatic N) is 2. The second kappa shape index (κ2) is 7.02. The minimum absolute atomic E-state index is 0.151. The number of anilines is 1. The smallest absolute Gasteiger partial charge is 0.270 e. The fourth-order valence-electron chi connectivity index (χ4n) is 1.75. The molecule has 106 valence electrons. The van der Waals surface area contributed by atoms with E-state index in [9.17, 15) is 4.79 Å². The predicted octanol–water partition coefficient (Wildman–Crippen LogP) is 1.47. The molecule has 20 heavy (non-hydrogen) atoms. The Bertz CT molecular complexity index is 555. The van der Waals surface area contributed by atoms with E-state index in [2.05, 4.69) is 15.2 Å². The molecule has 0 aliphatic heterocycles. The fourth-order valence-corrected chi connectivity index (χ4v) is 2.40. The standard InChI is InChI=1S/C14H18N4OS/c1-18(11-5-3-2-4-6-11)8-7-16-14(19)12-10-20-13(9-15)17-12/h2-6,10H,7-9,15H2,1H3,(H,16,19). The lowest BCUT2D eigenvalue weighted by atomic mass is 10.3. The summed E-state index contributed by atoms with van der Waals surface area (Å²) in [5, 5.41) is 5.37. The third-order valence-electron chi connectivity index (χ3n) is 2.89. The number of rotatable bonds is 6. The van der Waals surface area contributed by atoms with E-state index in [0.717, 1.165) is 17.2 Å². The highest BCUT2D eigenvalue weighted by molar-refractivity contribution is 7.09. The summed E-state index contributed by atoms with van der Waals surface area (Å²) in [6.07, 6.45) is 0. The zero-order chi connectivity index (χ0) is 14.4. The molecule has 0 atom stereocenters. The van der Waals surface area contributed by atoms with Crippen LogP contribution >= 0.6 is 11.3 Å². The summed E-state index contributed by atoms with van der Waals surface area (Å²) in [5.41, 5.74) is 7.05. The quantitative estimate of drug-likeness (QED) is 0.845. The Morgan fingerprint density at radius 2 is 2.15 bits per heavy atom. The van der Waals surface area contributed by atoms with Gasteiger partial charge in [0.1, 0.15) is 10.7 Å². The van der Waals surface area contributed by atoms with Crippen molar-refractivity contribution < 1.29 is 4.79 Å². The van der Waals surface area contributed by atoms with Crippen LogP contribution in [0, 0.1) is 0 Å². The van der Waals surface area contributed by atoms with Gasteiger partial charge in [-0.2, -0.15) is 0 Å². The summed E-state index contributed by atoms with van der Waals surface area (Å²) in [7, 11) is 2.00.